The maximum absolute atomic E-state index is 12.3. The maximum Gasteiger partial charge on any atom is 0.410 e. The number of nitrogens with zero attached hydrogens (tertiary/aromatic N) is 3. The van der Waals surface area contributed by atoms with Crippen molar-refractivity contribution in [3.05, 3.63) is 35.9 Å². The van der Waals surface area contributed by atoms with Crippen LogP contribution in [0.25, 0.3) is 0 Å². The number of benzene rings is 1. The Bertz CT molecular complexity index is 632. The van der Waals surface area contributed by atoms with Gasteiger partial charge in [-0.1, -0.05) is 30.3 Å². The van der Waals surface area contributed by atoms with Crippen LogP contribution in [0, 0.1) is 11.3 Å². The fourth-order valence-electron chi connectivity index (χ4n) is 3.50. The average molecular weight is 313 g/mol. The van der Waals surface area contributed by atoms with Crippen molar-refractivity contribution in [2.75, 3.05) is 13.1 Å². The molecule has 2 unspecified atom stereocenters. The monoisotopic (exact) mass is 313 g/mol. The molecule has 3 rings (SSSR count). The molecule has 2 bridgehead atoms. The molecule has 2 aliphatic heterocycles. The minimum atomic E-state index is -0.586. The third-order valence-electron chi connectivity index (χ3n) is 4.53. The highest BCUT2D eigenvalue weighted by Gasteiger charge is 2.57. The molecule has 23 heavy (non-hydrogen) atoms. The van der Waals surface area contributed by atoms with Gasteiger partial charge in [-0.2, -0.15) is 5.26 Å². The summed E-state index contributed by atoms with van der Waals surface area (Å²) in [5, 5.41) is 9.75. The van der Waals surface area contributed by atoms with Crippen LogP contribution in [0.5, 0.6) is 0 Å². The van der Waals surface area contributed by atoms with E-state index in [0.29, 0.717) is 13.0 Å². The summed E-state index contributed by atoms with van der Waals surface area (Å²) >= 11 is 0. The number of fused-ring (bicyclic) bond motifs is 2. The van der Waals surface area contributed by atoms with Crippen LogP contribution >= 0.6 is 0 Å². The number of amides is 1. The number of carbonyl (C=O) groups excluding carboxylic acids is 1. The molecule has 2 heterocycles. The molecule has 5 nitrogen and oxygen atoms in total. The first-order chi connectivity index (χ1) is 10.8. The molecule has 5 heteroatoms. The van der Waals surface area contributed by atoms with Gasteiger partial charge in [0.05, 0.1) is 18.7 Å². The summed E-state index contributed by atoms with van der Waals surface area (Å²) in [5.41, 5.74) is 0.0957. The van der Waals surface area contributed by atoms with Crippen LogP contribution in [-0.2, 0) is 11.3 Å². The second-order valence-electron chi connectivity index (χ2n) is 7.48. The summed E-state index contributed by atoms with van der Waals surface area (Å²) in [6.07, 6.45) is 0.397. The number of piperazine rings is 1. The zero-order valence-corrected chi connectivity index (χ0v) is 14.0. The first-order valence-electron chi connectivity index (χ1n) is 8.03. The lowest BCUT2D eigenvalue weighted by atomic mass is 10.0. The van der Waals surface area contributed by atoms with E-state index < -0.39 is 11.1 Å². The molecule has 0 radical (unpaired) electrons. The zero-order chi connectivity index (χ0) is 16.7. The highest BCUT2D eigenvalue weighted by molar-refractivity contribution is 5.70. The molecule has 1 aromatic rings. The van der Waals surface area contributed by atoms with E-state index in [1.165, 1.54) is 5.56 Å². The van der Waals surface area contributed by atoms with Gasteiger partial charge in [0, 0.05) is 19.5 Å². The molecule has 1 amide bonds. The Morgan fingerprint density at radius 2 is 2.09 bits per heavy atom. The lowest BCUT2D eigenvalue weighted by Gasteiger charge is -2.38. The van der Waals surface area contributed by atoms with E-state index in [1.807, 2.05) is 39.0 Å². The van der Waals surface area contributed by atoms with E-state index in [9.17, 15) is 10.1 Å². The van der Waals surface area contributed by atoms with Gasteiger partial charge in [0.2, 0.25) is 0 Å². The van der Waals surface area contributed by atoms with Crippen molar-refractivity contribution in [1.29, 1.82) is 5.26 Å². The standard InChI is InChI=1S/C18H23N3O2/c1-17(2,3)23-16(22)21-13-18(12-19)9-15(21)11-20(18)10-14-7-5-4-6-8-14/h4-8,15H,9-11,13H2,1-3H3. The van der Waals surface area contributed by atoms with Gasteiger partial charge in [-0.15, -0.1) is 0 Å². The number of hydrogen-bond donors (Lipinski definition) is 0. The zero-order valence-electron chi connectivity index (χ0n) is 14.0. The highest BCUT2D eigenvalue weighted by atomic mass is 16.6. The first-order valence-corrected chi connectivity index (χ1v) is 8.03. The number of likely N-dealkylation sites (tertiary alicyclic amines) is 2. The van der Waals surface area contributed by atoms with Crippen molar-refractivity contribution in [1.82, 2.24) is 9.80 Å². The van der Waals surface area contributed by atoms with E-state index in [0.717, 1.165) is 13.1 Å². The summed E-state index contributed by atoms with van der Waals surface area (Å²) in [5.74, 6) is 0. The molecule has 0 N–H and O–H groups in total. The number of nitriles is 1. The largest absolute Gasteiger partial charge is 0.444 e. The van der Waals surface area contributed by atoms with E-state index in [1.54, 1.807) is 4.90 Å². The molecule has 2 atom stereocenters. The number of hydrogen-bond acceptors (Lipinski definition) is 4. The molecular formula is C18H23N3O2. The van der Waals surface area contributed by atoms with Crippen LogP contribution in [-0.4, -0.2) is 46.2 Å². The first kappa shape index (κ1) is 15.8. The summed E-state index contributed by atoms with van der Waals surface area (Å²) < 4.78 is 5.48. The van der Waals surface area contributed by atoms with Gasteiger partial charge in [0.15, 0.2) is 0 Å². The minimum absolute atomic E-state index is 0.0632. The number of ether oxygens (including phenoxy) is 1. The SMILES string of the molecule is CC(C)(C)OC(=O)N1CC2(C#N)CC1CN2Cc1ccccc1. The third-order valence-corrected chi connectivity index (χ3v) is 4.53. The van der Waals surface area contributed by atoms with Gasteiger partial charge in [-0.3, -0.25) is 4.90 Å². The molecule has 122 valence electrons. The van der Waals surface area contributed by atoms with Gasteiger partial charge in [0.1, 0.15) is 11.1 Å². The predicted octanol–water partition coefficient (Wildman–Crippen LogP) is 2.77. The van der Waals surface area contributed by atoms with Crippen LogP contribution < -0.4 is 0 Å². The lowest BCUT2D eigenvalue weighted by molar-refractivity contribution is 0.00773. The van der Waals surface area contributed by atoms with Gasteiger partial charge in [-0.25, -0.2) is 4.79 Å². The Labute approximate surface area is 137 Å². The topological polar surface area (TPSA) is 56.6 Å². The normalized spacial score (nSPS) is 27.0. The molecule has 2 aliphatic rings. The fraction of sp³-hybridized carbons (Fsp3) is 0.556. The molecular weight excluding hydrogens is 290 g/mol. The predicted molar refractivity (Wildman–Crippen MR) is 86.5 cm³/mol. The molecule has 0 saturated carbocycles. The van der Waals surface area contributed by atoms with Gasteiger partial charge < -0.3 is 9.64 Å². The molecule has 2 saturated heterocycles. The summed E-state index contributed by atoms with van der Waals surface area (Å²) in [7, 11) is 0. The Morgan fingerprint density at radius 3 is 2.70 bits per heavy atom. The lowest BCUT2D eigenvalue weighted by Crippen LogP contribution is -2.55. The molecule has 2 fully saturated rings. The van der Waals surface area contributed by atoms with Crippen molar-refractivity contribution < 1.29 is 9.53 Å². The Hall–Kier alpha value is -2.06. The Kier molecular flexibility index (Phi) is 3.81. The van der Waals surface area contributed by atoms with Crippen LogP contribution in [0.15, 0.2) is 30.3 Å². The van der Waals surface area contributed by atoms with Crippen LogP contribution in [0.2, 0.25) is 0 Å². The van der Waals surface area contributed by atoms with Crippen molar-refractivity contribution >= 4 is 6.09 Å². The van der Waals surface area contributed by atoms with Gasteiger partial charge in [-0.05, 0) is 26.3 Å². The number of rotatable bonds is 2. The van der Waals surface area contributed by atoms with Crippen molar-refractivity contribution in [3.63, 3.8) is 0 Å². The minimum Gasteiger partial charge on any atom is -0.444 e. The van der Waals surface area contributed by atoms with Crippen LogP contribution in [0.1, 0.15) is 32.8 Å². The quantitative estimate of drug-likeness (QED) is 0.842. The highest BCUT2D eigenvalue weighted by Crippen LogP contribution is 2.41. The summed E-state index contributed by atoms with van der Waals surface area (Å²) in [6, 6.07) is 12.7. The number of carbonyl (C=O) groups is 1. The van der Waals surface area contributed by atoms with E-state index in [-0.39, 0.29) is 12.1 Å². The van der Waals surface area contributed by atoms with Crippen LogP contribution in [0.4, 0.5) is 4.79 Å². The Morgan fingerprint density at radius 1 is 1.39 bits per heavy atom. The van der Waals surface area contributed by atoms with Crippen molar-refractivity contribution in [2.45, 2.75) is 50.9 Å². The second kappa shape index (κ2) is 5.54. The van der Waals surface area contributed by atoms with Gasteiger partial charge >= 0.3 is 6.09 Å². The average Bonchev–Trinajstić information content (AvgIpc) is 3.02. The van der Waals surface area contributed by atoms with Crippen molar-refractivity contribution in [3.8, 4) is 6.07 Å². The summed E-state index contributed by atoms with van der Waals surface area (Å²) in [6.45, 7) is 7.48. The van der Waals surface area contributed by atoms with Crippen molar-refractivity contribution in [2.24, 2.45) is 0 Å². The molecule has 0 aromatic heterocycles. The second-order valence-corrected chi connectivity index (χ2v) is 7.48. The third kappa shape index (κ3) is 3.04. The molecule has 0 spiro atoms. The fourth-order valence-corrected chi connectivity index (χ4v) is 3.50. The van der Waals surface area contributed by atoms with E-state index >= 15 is 0 Å². The Balaban J connectivity index is 1.72. The maximum atomic E-state index is 12.3. The van der Waals surface area contributed by atoms with Crippen LogP contribution in [0.3, 0.4) is 0 Å². The molecule has 1 aromatic carbocycles. The smallest absolute Gasteiger partial charge is 0.410 e. The van der Waals surface area contributed by atoms with E-state index in [4.69, 9.17) is 4.74 Å². The summed E-state index contributed by atoms with van der Waals surface area (Å²) in [4.78, 5) is 16.3. The molecule has 0 aliphatic carbocycles. The van der Waals surface area contributed by atoms with E-state index in [2.05, 4.69) is 23.1 Å². The van der Waals surface area contributed by atoms with Gasteiger partial charge in [0.25, 0.3) is 0 Å².